The van der Waals surface area contributed by atoms with Crippen LogP contribution in [0.25, 0.3) is 10.9 Å². The predicted octanol–water partition coefficient (Wildman–Crippen LogP) is 3.38. The van der Waals surface area contributed by atoms with E-state index in [4.69, 9.17) is 22.1 Å². The zero-order valence-corrected chi connectivity index (χ0v) is 21.7. The van der Waals surface area contributed by atoms with Crippen molar-refractivity contribution in [1.29, 1.82) is 0 Å². The SMILES string of the molecule is N[C@@H]1COCC12CCN(c1cnc(Sc3ccc4ncn(Cc5ccccn5)c(=O)c4c3Cl)cn1)CC2. The Morgan fingerprint density at radius 1 is 1.11 bits per heavy atom. The van der Waals surface area contributed by atoms with E-state index in [0.29, 0.717) is 34.1 Å². The number of fused-ring (bicyclic) bond motifs is 1. The number of ether oxygens (including phenoxy) is 1. The van der Waals surface area contributed by atoms with Crippen LogP contribution in [0.2, 0.25) is 5.02 Å². The molecule has 1 aromatic carbocycles. The van der Waals surface area contributed by atoms with Crippen molar-refractivity contribution >= 4 is 40.1 Å². The van der Waals surface area contributed by atoms with E-state index < -0.39 is 0 Å². The zero-order chi connectivity index (χ0) is 25.4. The molecule has 0 amide bonds. The minimum absolute atomic E-state index is 0.0948. The molecule has 4 aromatic rings. The summed E-state index contributed by atoms with van der Waals surface area (Å²) in [6, 6.07) is 9.37. The van der Waals surface area contributed by atoms with Gasteiger partial charge in [0.1, 0.15) is 10.8 Å². The molecule has 1 spiro atoms. The lowest BCUT2D eigenvalue weighted by atomic mass is 9.75. The maximum absolute atomic E-state index is 13.2. The van der Waals surface area contributed by atoms with Gasteiger partial charge in [-0.3, -0.25) is 14.3 Å². The molecular formula is C26H26ClN7O2S. The van der Waals surface area contributed by atoms with E-state index in [1.165, 1.54) is 22.7 Å². The predicted molar refractivity (Wildman–Crippen MR) is 143 cm³/mol. The molecule has 2 aliphatic heterocycles. The van der Waals surface area contributed by atoms with E-state index in [2.05, 4.69) is 24.8 Å². The van der Waals surface area contributed by atoms with Gasteiger partial charge in [0.2, 0.25) is 0 Å². The molecule has 0 aliphatic carbocycles. The fourth-order valence-electron chi connectivity index (χ4n) is 5.05. The summed E-state index contributed by atoms with van der Waals surface area (Å²) in [5.74, 6) is 0.845. The van der Waals surface area contributed by atoms with Gasteiger partial charge >= 0.3 is 0 Å². The van der Waals surface area contributed by atoms with Gasteiger partial charge in [-0.15, -0.1) is 0 Å². The minimum atomic E-state index is -0.209. The Kier molecular flexibility index (Phi) is 6.58. The quantitative estimate of drug-likeness (QED) is 0.411. The van der Waals surface area contributed by atoms with Crippen LogP contribution in [0.1, 0.15) is 18.5 Å². The van der Waals surface area contributed by atoms with Crippen molar-refractivity contribution in [2.45, 2.75) is 35.3 Å². The molecule has 5 heterocycles. The largest absolute Gasteiger partial charge is 0.379 e. The number of halogens is 1. The van der Waals surface area contributed by atoms with Gasteiger partial charge in [0.25, 0.3) is 5.56 Å². The average Bonchev–Trinajstić information content (AvgIpc) is 3.27. The van der Waals surface area contributed by atoms with E-state index in [1.807, 2.05) is 24.3 Å². The molecule has 2 fully saturated rings. The number of hydrogen-bond acceptors (Lipinski definition) is 9. The van der Waals surface area contributed by atoms with E-state index >= 15 is 0 Å². The third-order valence-electron chi connectivity index (χ3n) is 7.34. The number of pyridine rings is 1. The van der Waals surface area contributed by atoms with Gasteiger partial charge in [0, 0.05) is 35.6 Å². The summed E-state index contributed by atoms with van der Waals surface area (Å²) in [5.41, 5.74) is 7.51. The van der Waals surface area contributed by atoms with Gasteiger partial charge in [0.15, 0.2) is 0 Å². The summed E-state index contributed by atoms with van der Waals surface area (Å²) in [5, 5.41) is 1.44. The molecule has 0 saturated carbocycles. The molecular weight excluding hydrogens is 510 g/mol. The first-order valence-corrected chi connectivity index (χ1v) is 13.4. The highest BCUT2D eigenvalue weighted by atomic mass is 35.5. The number of anilines is 1. The van der Waals surface area contributed by atoms with Gasteiger partial charge in [-0.25, -0.2) is 15.0 Å². The molecule has 2 saturated heterocycles. The average molecular weight is 536 g/mol. The van der Waals surface area contributed by atoms with Gasteiger partial charge in [-0.1, -0.05) is 29.4 Å². The first-order valence-electron chi connectivity index (χ1n) is 12.2. The smallest absolute Gasteiger partial charge is 0.263 e. The van der Waals surface area contributed by atoms with Crippen LogP contribution in [0, 0.1) is 5.41 Å². The lowest BCUT2D eigenvalue weighted by Gasteiger charge is -2.41. The number of aromatic nitrogens is 5. The van der Waals surface area contributed by atoms with Gasteiger partial charge in [-0.2, -0.15) is 0 Å². The van der Waals surface area contributed by atoms with E-state index in [9.17, 15) is 4.79 Å². The molecule has 6 rings (SSSR count). The van der Waals surface area contributed by atoms with E-state index in [0.717, 1.165) is 48.9 Å². The summed E-state index contributed by atoms with van der Waals surface area (Å²) in [6.07, 6.45) is 8.75. The lowest BCUT2D eigenvalue weighted by molar-refractivity contribution is 0.131. The van der Waals surface area contributed by atoms with Crippen LogP contribution in [0.5, 0.6) is 0 Å². The maximum Gasteiger partial charge on any atom is 0.263 e. The second-order valence-electron chi connectivity index (χ2n) is 9.56. The number of benzene rings is 1. The molecule has 2 aliphatic rings. The standard InChI is InChI=1S/C26H26ClN7O2S/c27-24-19(5-4-18-23(24)25(35)34(16-32-18)13-17-3-1-2-8-29-17)37-22-12-30-21(11-31-22)33-9-6-26(7-10-33)15-36-14-20(26)28/h1-5,8,11-12,16,20H,6-7,9-10,13-15,28H2/t20-/m1/s1. The maximum atomic E-state index is 13.2. The highest BCUT2D eigenvalue weighted by Crippen LogP contribution is 2.40. The van der Waals surface area contributed by atoms with Gasteiger partial charge < -0.3 is 15.4 Å². The molecule has 0 bridgehead atoms. The normalized spacial score (nSPS) is 19.1. The molecule has 3 aromatic heterocycles. The van der Waals surface area contributed by atoms with Crippen molar-refractivity contribution in [2.75, 3.05) is 31.2 Å². The lowest BCUT2D eigenvalue weighted by Crippen LogP contribution is -2.49. The molecule has 11 heteroatoms. The molecule has 2 N–H and O–H groups in total. The van der Waals surface area contributed by atoms with Crippen LogP contribution < -0.4 is 16.2 Å². The van der Waals surface area contributed by atoms with Crippen LogP contribution in [0.15, 0.2) is 70.0 Å². The number of nitrogens with two attached hydrogens (primary N) is 1. The number of piperidine rings is 1. The van der Waals surface area contributed by atoms with Crippen LogP contribution in [-0.4, -0.2) is 56.8 Å². The summed E-state index contributed by atoms with van der Waals surface area (Å²) in [4.78, 5) is 34.2. The van der Waals surface area contributed by atoms with Crippen LogP contribution in [0.4, 0.5) is 5.82 Å². The van der Waals surface area contributed by atoms with Crippen LogP contribution in [0.3, 0.4) is 0 Å². The van der Waals surface area contributed by atoms with Crippen LogP contribution in [-0.2, 0) is 11.3 Å². The zero-order valence-electron chi connectivity index (χ0n) is 20.1. The Hall–Kier alpha value is -3.05. The Balaban J connectivity index is 1.19. The fourth-order valence-corrected chi connectivity index (χ4v) is 6.17. The molecule has 0 unspecified atom stereocenters. The number of nitrogens with zero attached hydrogens (tertiary/aromatic N) is 6. The second kappa shape index (κ2) is 10.0. The fraction of sp³-hybridized carbons (Fsp3) is 0.346. The van der Waals surface area contributed by atoms with Crippen molar-refractivity contribution in [3.05, 3.63) is 76.3 Å². The van der Waals surface area contributed by atoms with Crippen molar-refractivity contribution < 1.29 is 4.74 Å². The van der Waals surface area contributed by atoms with Gasteiger partial charge in [0.05, 0.1) is 60.1 Å². The number of rotatable bonds is 5. The Morgan fingerprint density at radius 2 is 1.97 bits per heavy atom. The summed E-state index contributed by atoms with van der Waals surface area (Å²) < 4.78 is 7.15. The third kappa shape index (κ3) is 4.70. The Bertz CT molecular complexity index is 1470. The molecule has 1 atom stereocenters. The summed E-state index contributed by atoms with van der Waals surface area (Å²) in [7, 11) is 0. The summed E-state index contributed by atoms with van der Waals surface area (Å²) >= 11 is 8.10. The van der Waals surface area contributed by atoms with Gasteiger partial charge in [-0.05, 0) is 37.1 Å². The number of hydrogen-bond donors (Lipinski definition) is 1. The molecule has 190 valence electrons. The van der Waals surface area contributed by atoms with Crippen molar-refractivity contribution in [3.63, 3.8) is 0 Å². The van der Waals surface area contributed by atoms with Crippen molar-refractivity contribution in [1.82, 2.24) is 24.5 Å². The van der Waals surface area contributed by atoms with E-state index in [1.54, 1.807) is 24.7 Å². The highest BCUT2D eigenvalue weighted by Gasteiger charge is 2.44. The Labute approximate surface area is 223 Å². The topological polar surface area (TPSA) is 112 Å². The molecule has 37 heavy (non-hydrogen) atoms. The Morgan fingerprint density at radius 3 is 2.68 bits per heavy atom. The first kappa shape index (κ1) is 24.3. The van der Waals surface area contributed by atoms with Crippen molar-refractivity contribution in [3.8, 4) is 0 Å². The van der Waals surface area contributed by atoms with E-state index in [-0.39, 0.29) is 17.0 Å². The second-order valence-corrected chi connectivity index (χ2v) is 11.0. The highest BCUT2D eigenvalue weighted by molar-refractivity contribution is 7.99. The van der Waals surface area contributed by atoms with Crippen molar-refractivity contribution in [2.24, 2.45) is 11.1 Å². The monoisotopic (exact) mass is 535 g/mol. The molecule has 9 nitrogen and oxygen atoms in total. The van der Waals surface area contributed by atoms with Crippen LogP contribution >= 0.6 is 23.4 Å². The third-order valence-corrected chi connectivity index (χ3v) is 8.82. The minimum Gasteiger partial charge on any atom is -0.379 e. The molecule has 0 radical (unpaired) electrons. The first-order chi connectivity index (χ1) is 18.0. The summed E-state index contributed by atoms with van der Waals surface area (Å²) in [6.45, 7) is 3.48.